The van der Waals surface area contributed by atoms with E-state index in [4.69, 9.17) is 23.8 Å². The van der Waals surface area contributed by atoms with Gasteiger partial charge >= 0.3 is 5.97 Å². The van der Waals surface area contributed by atoms with Crippen molar-refractivity contribution in [3.8, 4) is 23.0 Å². The molecule has 1 heterocycles. The minimum atomic E-state index is -3.78. The fourth-order valence-electron chi connectivity index (χ4n) is 4.57. The van der Waals surface area contributed by atoms with Gasteiger partial charge in [-0.05, 0) is 36.6 Å². The maximum absolute atomic E-state index is 13.0. The molecule has 3 rings (SSSR count). The van der Waals surface area contributed by atoms with Gasteiger partial charge in [-0.15, -0.1) is 5.06 Å². The van der Waals surface area contributed by atoms with Crippen LogP contribution < -0.4 is 29.6 Å². The SMILES string of the molecule is COc1cc(OC)c(/C=C/S(=O)(=O)Cc2ccc(OC)c(NC(=O)CCCNC(=O)CCCC(=O)ON3C(=O)CCC3=O)c2)c(OC)c1. The Morgan fingerprint density at radius 2 is 1.44 bits per heavy atom. The number of sulfone groups is 1. The summed E-state index contributed by atoms with van der Waals surface area (Å²) in [5.41, 5.74) is 1.10. The standard InChI is InChI=1S/C32H39N3O12S/c1-43-22-18-26(45-3)23(27(19-22)46-4)14-16-48(41,42)20-21-10-11-25(44-2)24(17-21)34-29(37)8-6-15-33-28(36)7-5-9-32(40)47-35-30(38)12-13-31(35)39/h10-11,14,16-19H,5-9,12-13,15,20H2,1-4H3,(H,33,36)(H,34,37)/b16-14+. The van der Waals surface area contributed by atoms with Crippen LogP contribution in [0.5, 0.6) is 23.0 Å². The second-order valence-corrected chi connectivity index (χ2v) is 12.4. The first-order valence-corrected chi connectivity index (χ1v) is 16.6. The molecule has 0 bridgehead atoms. The molecule has 0 spiro atoms. The van der Waals surface area contributed by atoms with Gasteiger partial charge in [-0.2, -0.15) is 0 Å². The summed E-state index contributed by atoms with van der Waals surface area (Å²) in [6.07, 6.45) is 1.72. The second-order valence-electron chi connectivity index (χ2n) is 10.5. The molecule has 1 fully saturated rings. The van der Waals surface area contributed by atoms with Crippen LogP contribution in [-0.4, -0.2) is 78.1 Å². The third kappa shape index (κ3) is 11.0. The number of carbonyl (C=O) groups excluding carboxylic acids is 5. The van der Waals surface area contributed by atoms with Crippen molar-refractivity contribution < 1.29 is 56.2 Å². The molecule has 0 unspecified atom stereocenters. The molecule has 2 N–H and O–H groups in total. The van der Waals surface area contributed by atoms with E-state index < -0.39 is 27.6 Å². The van der Waals surface area contributed by atoms with Crippen LogP contribution in [0.2, 0.25) is 0 Å². The minimum absolute atomic E-state index is 0.00545. The molecule has 260 valence electrons. The molecule has 1 saturated heterocycles. The highest BCUT2D eigenvalue weighted by Gasteiger charge is 2.32. The number of carbonyl (C=O) groups is 5. The maximum atomic E-state index is 13.0. The average Bonchev–Trinajstić information content (AvgIpc) is 3.37. The van der Waals surface area contributed by atoms with Gasteiger partial charge in [-0.1, -0.05) is 6.07 Å². The van der Waals surface area contributed by atoms with E-state index in [-0.39, 0.29) is 68.3 Å². The number of hydrogen-bond donors (Lipinski definition) is 2. The number of hydrogen-bond acceptors (Lipinski definition) is 12. The lowest BCUT2D eigenvalue weighted by molar-refractivity contribution is -0.197. The van der Waals surface area contributed by atoms with E-state index in [0.717, 1.165) is 5.41 Å². The number of rotatable bonds is 18. The van der Waals surface area contributed by atoms with Gasteiger partial charge in [0.05, 0.1) is 45.4 Å². The zero-order chi connectivity index (χ0) is 35.3. The van der Waals surface area contributed by atoms with Crippen molar-refractivity contribution in [3.05, 3.63) is 46.9 Å². The Hall–Kier alpha value is -5.12. The van der Waals surface area contributed by atoms with E-state index in [1.807, 2.05) is 0 Å². The molecule has 0 atom stereocenters. The van der Waals surface area contributed by atoms with Gasteiger partial charge in [-0.3, -0.25) is 19.2 Å². The fourth-order valence-corrected chi connectivity index (χ4v) is 5.65. The van der Waals surface area contributed by atoms with Crippen molar-refractivity contribution in [1.82, 2.24) is 10.4 Å². The van der Waals surface area contributed by atoms with Crippen LogP contribution in [0.25, 0.3) is 6.08 Å². The van der Waals surface area contributed by atoms with E-state index in [2.05, 4.69) is 10.6 Å². The highest BCUT2D eigenvalue weighted by atomic mass is 32.2. The Kier molecular flexibility index (Phi) is 13.8. The molecule has 15 nitrogen and oxygen atoms in total. The number of imide groups is 1. The van der Waals surface area contributed by atoms with Crippen molar-refractivity contribution in [1.29, 1.82) is 0 Å². The highest BCUT2D eigenvalue weighted by molar-refractivity contribution is 7.93. The topological polar surface area (TPSA) is 193 Å². The van der Waals surface area contributed by atoms with Gasteiger partial charge < -0.3 is 34.4 Å². The lowest BCUT2D eigenvalue weighted by Gasteiger charge is -2.13. The van der Waals surface area contributed by atoms with Crippen LogP contribution in [0.4, 0.5) is 5.69 Å². The molecule has 2 aromatic carbocycles. The van der Waals surface area contributed by atoms with Crippen molar-refractivity contribution in [2.75, 3.05) is 40.3 Å². The number of ether oxygens (including phenoxy) is 4. The quantitative estimate of drug-likeness (QED) is 0.172. The number of methoxy groups -OCH3 is 4. The highest BCUT2D eigenvalue weighted by Crippen LogP contribution is 2.35. The van der Waals surface area contributed by atoms with Crippen LogP contribution in [0.3, 0.4) is 0 Å². The summed E-state index contributed by atoms with van der Waals surface area (Å²) in [5.74, 6) is -1.49. The Morgan fingerprint density at radius 3 is 2.04 bits per heavy atom. The third-order valence-corrected chi connectivity index (χ3v) is 8.27. The molecular formula is C32H39N3O12S. The number of anilines is 1. The molecule has 16 heteroatoms. The van der Waals surface area contributed by atoms with Gasteiger partial charge in [0.15, 0.2) is 9.84 Å². The number of benzene rings is 2. The molecule has 0 aromatic heterocycles. The van der Waals surface area contributed by atoms with Gasteiger partial charge in [0.2, 0.25) is 11.8 Å². The summed E-state index contributed by atoms with van der Waals surface area (Å²) in [6, 6.07) is 7.86. The Balaban J connectivity index is 1.48. The summed E-state index contributed by atoms with van der Waals surface area (Å²) in [5, 5.41) is 6.89. The van der Waals surface area contributed by atoms with E-state index in [1.54, 1.807) is 24.3 Å². The molecule has 0 aliphatic carbocycles. The van der Waals surface area contributed by atoms with Crippen LogP contribution >= 0.6 is 0 Å². The van der Waals surface area contributed by atoms with Gasteiger partial charge in [-0.25, -0.2) is 13.2 Å². The Labute approximate surface area is 278 Å². The smallest absolute Gasteiger partial charge is 0.333 e. The summed E-state index contributed by atoms with van der Waals surface area (Å²) >= 11 is 0. The normalized spacial score (nSPS) is 13.0. The van der Waals surface area contributed by atoms with Crippen molar-refractivity contribution >= 4 is 51.2 Å². The van der Waals surface area contributed by atoms with Gasteiger partial charge in [0.25, 0.3) is 11.8 Å². The first-order valence-electron chi connectivity index (χ1n) is 14.9. The molecule has 0 saturated carbocycles. The number of nitrogens with zero attached hydrogens (tertiary/aromatic N) is 1. The number of hydroxylamine groups is 2. The summed E-state index contributed by atoms with van der Waals surface area (Å²) < 4.78 is 47.3. The first-order chi connectivity index (χ1) is 22.9. The van der Waals surface area contributed by atoms with E-state index in [1.165, 1.54) is 40.6 Å². The molecule has 0 radical (unpaired) electrons. The summed E-state index contributed by atoms with van der Waals surface area (Å²) in [7, 11) is 2.01. The lowest BCUT2D eigenvalue weighted by Crippen LogP contribution is -2.32. The Morgan fingerprint density at radius 1 is 0.812 bits per heavy atom. The van der Waals surface area contributed by atoms with Crippen molar-refractivity contribution in [2.24, 2.45) is 0 Å². The Bertz CT molecular complexity index is 1610. The molecule has 4 amide bonds. The molecule has 2 aromatic rings. The predicted octanol–water partition coefficient (Wildman–Crippen LogP) is 2.92. The van der Waals surface area contributed by atoms with Crippen LogP contribution in [-0.2, 0) is 44.4 Å². The minimum Gasteiger partial charge on any atom is -0.496 e. The van der Waals surface area contributed by atoms with Crippen molar-refractivity contribution in [2.45, 2.75) is 50.7 Å². The second kappa shape index (κ2) is 17.7. The third-order valence-electron chi connectivity index (χ3n) is 6.99. The maximum Gasteiger partial charge on any atom is 0.333 e. The van der Waals surface area contributed by atoms with Gasteiger partial charge in [0, 0.05) is 56.2 Å². The molecule has 1 aliphatic heterocycles. The van der Waals surface area contributed by atoms with E-state index >= 15 is 0 Å². The van der Waals surface area contributed by atoms with Gasteiger partial charge in [0.1, 0.15) is 23.0 Å². The van der Waals surface area contributed by atoms with E-state index in [0.29, 0.717) is 45.6 Å². The molecule has 48 heavy (non-hydrogen) atoms. The first kappa shape index (κ1) is 37.3. The van der Waals surface area contributed by atoms with Crippen molar-refractivity contribution in [3.63, 3.8) is 0 Å². The monoisotopic (exact) mass is 689 g/mol. The molecule has 1 aliphatic rings. The largest absolute Gasteiger partial charge is 0.496 e. The predicted molar refractivity (Wildman–Crippen MR) is 173 cm³/mol. The lowest BCUT2D eigenvalue weighted by atomic mass is 10.1. The summed E-state index contributed by atoms with van der Waals surface area (Å²) in [4.78, 5) is 64.3. The zero-order valence-electron chi connectivity index (χ0n) is 27.2. The van der Waals surface area contributed by atoms with E-state index in [9.17, 15) is 32.4 Å². The average molecular weight is 690 g/mol. The molecular weight excluding hydrogens is 650 g/mol. The zero-order valence-corrected chi connectivity index (χ0v) is 28.0. The fraction of sp³-hybridized carbons (Fsp3) is 0.406. The number of amides is 4. The van der Waals surface area contributed by atoms with Crippen LogP contribution in [0, 0.1) is 0 Å². The number of nitrogens with one attached hydrogen (secondary N) is 2. The van der Waals surface area contributed by atoms with Crippen LogP contribution in [0.15, 0.2) is 35.7 Å². The summed E-state index contributed by atoms with van der Waals surface area (Å²) in [6.45, 7) is 0.193. The van der Waals surface area contributed by atoms with Crippen LogP contribution in [0.1, 0.15) is 56.1 Å².